The number of esters is 1. The molecule has 1 heterocycles. The van der Waals surface area contributed by atoms with E-state index in [1.165, 1.54) is 7.11 Å². The van der Waals surface area contributed by atoms with Crippen LogP contribution in [0.1, 0.15) is 6.42 Å². The van der Waals surface area contributed by atoms with Crippen molar-refractivity contribution in [1.29, 1.82) is 0 Å². The molecule has 2 aliphatic rings. The third kappa shape index (κ3) is 2.19. The average Bonchev–Trinajstić information content (AvgIpc) is 3.03. The summed E-state index contributed by atoms with van der Waals surface area (Å²) < 4.78 is 15.0. The lowest BCUT2D eigenvalue weighted by molar-refractivity contribution is -0.137. The molecule has 2 rings (SSSR count). The number of nitrogens with one attached hydrogen (secondary N) is 1. The van der Waals surface area contributed by atoms with Gasteiger partial charge in [0, 0.05) is 25.1 Å². The van der Waals surface area contributed by atoms with Crippen molar-refractivity contribution >= 4 is 5.97 Å². The van der Waals surface area contributed by atoms with Gasteiger partial charge in [-0.3, -0.25) is 0 Å². The molecule has 0 aromatic heterocycles. The summed E-state index contributed by atoms with van der Waals surface area (Å²) in [6.07, 6.45) is 2.52. The van der Waals surface area contributed by atoms with Gasteiger partial charge in [-0.25, -0.2) is 4.79 Å². The largest absolute Gasteiger partial charge is 0.466 e. The Morgan fingerprint density at radius 1 is 1.60 bits per heavy atom. The zero-order chi connectivity index (χ0) is 10.8. The fourth-order valence-electron chi connectivity index (χ4n) is 1.89. The monoisotopic (exact) mass is 213 g/mol. The van der Waals surface area contributed by atoms with Gasteiger partial charge >= 0.3 is 5.97 Å². The molecular formula is C10H15NO4. The summed E-state index contributed by atoms with van der Waals surface area (Å²) in [5, 5.41) is 3.23. The molecule has 0 aromatic carbocycles. The van der Waals surface area contributed by atoms with Crippen LogP contribution in [0.15, 0.2) is 11.6 Å². The minimum Gasteiger partial charge on any atom is -0.466 e. The Morgan fingerprint density at radius 2 is 2.40 bits per heavy atom. The van der Waals surface area contributed by atoms with E-state index in [4.69, 9.17) is 9.47 Å². The average molecular weight is 213 g/mol. The predicted octanol–water partition coefficient (Wildman–Crippen LogP) is -0.181. The van der Waals surface area contributed by atoms with Crippen LogP contribution >= 0.6 is 0 Å². The van der Waals surface area contributed by atoms with Gasteiger partial charge in [0.1, 0.15) is 6.79 Å². The number of methoxy groups -OCH3 is 2. The number of carbonyl (C=O) groups excluding carboxylic acids is 1. The van der Waals surface area contributed by atoms with E-state index in [-0.39, 0.29) is 24.9 Å². The Labute approximate surface area is 88.4 Å². The summed E-state index contributed by atoms with van der Waals surface area (Å²) in [7, 11) is 2.97. The first-order valence-corrected chi connectivity index (χ1v) is 4.92. The molecule has 1 saturated heterocycles. The van der Waals surface area contributed by atoms with E-state index in [9.17, 15) is 4.79 Å². The highest BCUT2D eigenvalue weighted by Crippen LogP contribution is 2.30. The van der Waals surface area contributed by atoms with E-state index in [0.717, 1.165) is 0 Å². The summed E-state index contributed by atoms with van der Waals surface area (Å²) >= 11 is 0. The standard InChI is InChI=1S/C10H15NO4/c1-13-5-15-8-4-6(10(12)14-2)3-7-9(8)11-7/h3,7-9,11H,4-5H2,1-2H3/t7-,8+,9-/m0/s1. The van der Waals surface area contributed by atoms with Crippen LogP contribution in [-0.2, 0) is 19.0 Å². The minimum atomic E-state index is -0.270. The zero-order valence-corrected chi connectivity index (χ0v) is 8.86. The van der Waals surface area contributed by atoms with Gasteiger partial charge in [0.15, 0.2) is 0 Å². The molecule has 0 aromatic rings. The van der Waals surface area contributed by atoms with Gasteiger partial charge in [-0.1, -0.05) is 6.08 Å². The van der Waals surface area contributed by atoms with Gasteiger partial charge in [0.2, 0.25) is 0 Å². The highest BCUT2D eigenvalue weighted by molar-refractivity contribution is 5.89. The molecule has 0 radical (unpaired) electrons. The highest BCUT2D eigenvalue weighted by Gasteiger charge is 2.46. The molecule has 0 bridgehead atoms. The van der Waals surface area contributed by atoms with Crippen molar-refractivity contribution in [2.75, 3.05) is 21.0 Å². The van der Waals surface area contributed by atoms with E-state index < -0.39 is 0 Å². The van der Waals surface area contributed by atoms with Gasteiger partial charge in [-0.2, -0.15) is 0 Å². The third-order valence-corrected chi connectivity index (χ3v) is 2.71. The molecule has 5 nitrogen and oxygen atoms in total. The van der Waals surface area contributed by atoms with Crippen molar-refractivity contribution in [2.24, 2.45) is 0 Å². The maximum Gasteiger partial charge on any atom is 0.333 e. The van der Waals surface area contributed by atoms with Gasteiger partial charge < -0.3 is 19.5 Å². The molecular weight excluding hydrogens is 198 g/mol. The Balaban J connectivity index is 1.96. The normalized spacial score (nSPS) is 32.9. The molecule has 0 unspecified atom stereocenters. The first-order valence-electron chi connectivity index (χ1n) is 4.92. The van der Waals surface area contributed by atoms with Crippen molar-refractivity contribution in [3.63, 3.8) is 0 Å². The summed E-state index contributed by atoms with van der Waals surface area (Å²) in [4.78, 5) is 11.3. The van der Waals surface area contributed by atoms with Gasteiger partial charge in [0.05, 0.1) is 19.3 Å². The lowest BCUT2D eigenvalue weighted by Crippen LogP contribution is -2.28. The van der Waals surface area contributed by atoms with Crippen LogP contribution in [0.3, 0.4) is 0 Å². The van der Waals surface area contributed by atoms with E-state index in [0.29, 0.717) is 18.0 Å². The van der Waals surface area contributed by atoms with Crippen LogP contribution in [-0.4, -0.2) is 45.2 Å². The smallest absolute Gasteiger partial charge is 0.333 e. The fourth-order valence-corrected chi connectivity index (χ4v) is 1.89. The van der Waals surface area contributed by atoms with Gasteiger partial charge in [-0.05, 0) is 0 Å². The first kappa shape index (κ1) is 10.6. The van der Waals surface area contributed by atoms with Gasteiger partial charge in [-0.15, -0.1) is 0 Å². The second-order valence-electron chi connectivity index (χ2n) is 3.72. The zero-order valence-electron chi connectivity index (χ0n) is 8.86. The van der Waals surface area contributed by atoms with Crippen molar-refractivity contribution in [2.45, 2.75) is 24.6 Å². The minimum absolute atomic E-state index is 0.00838. The Hall–Kier alpha value is -0.910. The molecule has 0 spiro atoms. The van der Waals surface area contributed by atoms with E-state index in [2.05, 4.69) is 10.1 Å². The Kier molecular flexibility index (Phi) is 3.04. The lowest BCUT2D eigenvalue weighted by atomic mass is 9.97. The second kappa shape index (κ2) is 4.30. The molecule has 1 aliphatic heterocycles. The van der Waals surface area contributed by atoms with Crippen LogP contribution < -0.4 is 5.32 Å². The number of rotatable bonds is 4. The molecule has 0 amide bonds. The number of fused-ring (bicyclic) bond motifs is 1. The second-order valence-corrected chi connectivity index (χ2v) is 3.72. The molecule has 1 N–H and O–H groups in total. The van der Waals surface area contributed by atoms with Crippen LogP contribution in [0.4, 0.5) is 0 Å². The molecule has 3 atom stereocenters. The van der Waals surface area contributed by atoms with Crippen LogP contribution in [0.25, 0.3) is 0 Å². The summed E-state index contributed by atoms with van der Waals surface area (Å²) in [6, 6.07) is 0.586. The Bertz CT molecular complexity index is 289. The summed E-state index contributed by atoms with van der Waals surface area (Å²) in [6.45, 7) is 0.254. The fraction of sp³-hybridized carbons (Fsp3) is 0.700. The van der Waals surface area contributed by atoms with Crippen LogP contribution in [0.2, 0.25) is 0 Å². The van der Waals surface area contributed by atoms with Crippen molar-refractivity contribution in [3.05, 3.63) is 11.6 Å². The molecule has 1 fully saturated rings. The lowest BCUT2D eigenvalue weighted by Gasteiger charge is -2.20. The number of ether oxygens (including phenoxy) is 3. The van der Waals surface area contributed by atoms with E-state index in [1.807, 2.05) is 6.08 Å². The quantitative estimate of drug-likeness (QED) is 0.398. The number of carbonyl (C=O) groups is 1. The van der Waals surface area contributed by atoms with E-state index >= 15 is 0 Å². The van der Waals surface area contributed by atoms with Crippen molar-refractivity contribution in [1.82, 2.24) is 5.32 Å². The van der Waals surface area contributed by atoms with Crippen molar-refractivity contribution in [3.8, 4) is 0 Å². The maximum atomic E-state index is 11.3. The molecule has 0 saturated carbocycles. The summed E-state index contributed by atoms with van der Waals surface area (Å²) in [5.41, 5.74) is 0.685. The van der Waals surface area contributed by atoms with Crippen LogP contribution in [0.5, 0.6) is 0 Å². The molecule has 1 aliphatic carbocycles. The van der Waals surface area contributed by atoms with Gasteiger partial charge in [0.25, 0.3) is 0 Å². The SMILES string of the molecule is COCO[C@@H]1CC(C(=O)OC)=C[C@@H]2N[C@@H]21. The topological polar surface area (TPSA) is 66.7 Å². The molecule has 84 valence electrons. The van der Waals surface area contributed by atoms with Crippen LogP contribution in [0, 0.1) is 0 Å². The predicted molar refractivity (Wildman–Crippen MR) is 52.2 cm³/mol. The van der Waals surface area contributed by atoms with E-state index in [1.54, 1.807) is 7.11 Å². The number of hydrogen-bond acceptors (Lipinski definition) is 5. The molecule has 15 heavy (non-hydrogen) atoms. The Morgan fingerprint density at radius 3 is 3.07 bits per heavy atom. The summed E-state index contributed by atoms with van der Waals surface area (Å²) in [5.74, 6) is -0.270. The van der Waals surface area contributed by atoms with Crippen molar-refractivity contribution < 1.29 is 19.0 Å². The first-order chi connectivity index (χ1) is 7.26. The highest BCUT2D eigenvalue weighted by atomic mass is 16.7. The third-order valence-electron chi connectivity index (χ3n) is 2.71. The maximum absolute atomic E-state index is 11.3. The number of hydrogen-bond donors (Lipinski definition) is 1. The molecule has 5 heteroatoms.